The second-order valence-electron chi connectivity index (χ2n) is 4.48. The molecule has 4 rings (SSSR count). The molecule has 0 saturated carbocycles. The van der Waals surface area contributed by atoms with Gasteiger partial charge in [-0.3, -0.25) is 0 Å². The minimum absolute atomic E-state index is 0.501. The van der Waals surface area contributed by atoms with Gasteiger partial charge in [-0.1, -0.05) is 23.2 Å². The first kappa shape index (κ1) is 17.1. The zero-order valence-corrected chi connectivity index (χ0v) is 17.4. The van der Waals surface area contributed by atoms with Crippen molar-refractivity contribution in [2.45, 2.75) is 0 Å². The summed E-state index contributed by atoms with van der Waals surface area (Å²) in [4.78, 5) is 18.9. The number of hydrogen-bond donors (Lipinski definition) is 1. The van der Waals surface area contributed by atoms with Crippen molar-refractivity contribution in [3.05, 3.63) is 42.5 Å². The molecule has 0 saturated heterocycles. The molecule has 1 N–H and O–H groups in total. The quantitative estimate of drug-likeness (QED) is 0.250. The number of rotatable bonds is 0. The van der Waals surface area contributed by atoms with Gasteiger partial charge in [-0.15, -0.1) is 0 Å². The molecule has 0 aliphatic heterocycles. The zero-order chi connectivity index (χ0) is 16.6. The number of halogens is 4. The lowest BCUT2D eigenvalue weighted by Crippen LogP contribution is -1.88. The van der Waals surface area contributed by atoms with Crippen molar-refractivity contribution in [3.63, 3.8) is 0 Å². The van der Waals surface area contributed by atoms with Crippen molar-refractivity contribution < 1.29 is 0 Å². The number of fused-ring (bicyclic) bond motifs is 2. The van der Waals surface area contributed by atoms with Crippen molar-refractivity contribution in [1.29, 1.82) is 0 Å². The van der Waals surface area contributed by atoms with Crippen LogP contribution in [0.2, 0.25) is 10.3 Å². The lowest BCUT2D eigenvalue weighted by atomic mass is 10.4. The molecule has 0 unspecified atom stereocenters. The Morgan fingerprint density at radius 1 is 0.957 bits per heavy atom. The highest BCUT2D eigenvalue weighted by molar-refractivity contribution is 14.1. The highest BCUT2D eigenvalue weighted by Gasteiger charge is 2.09. The number of H-pyrrole nitrogens is 1. The highest BCUT2D eigenvalue weighted by atomic mass is 127. The minimum Gasteiger partial charge on any atom is -0.345 e. The largest absolute Gasteiger partial charge is 0.345 e. The standard InChI is InChI=1S/C7H5ClIN3.C6H3ClIN3/c1-12-2-4(9)5-6(8)10-3-11-7(5)12;7-5-4-3(8)1-9-6(4)11-2-10-5/h2-3H,1H3;1-2H,(H,9,10,11). The minimum atomic E-state index is 0.501. The van der Waals surface area contributed by atoms with E-state index in [1.807, 2.05) is 24.0 Å². The summed E-state index contributed by atoms with van der Waals surface area (Å²) in [6.45, 7) is 0. The Morgan fingerprint density at radius 2 is 1.61 bits per heavy atom. The van der Waals surface area contributed by atoms with Gasteiger partial charge in [0.25, 0.3) is 0 Å². The first-order valence-electron chi connectivity index (χ1n) is 6.23. The summed E-state index contributed by atoms with van der Waals surface area (Å²) in [5.41, 5.74) is 1.66. The average molecular weight is 573 g/mol. The average Bonchev–Trinajstić information content (AvgIpc) is 3.03. The molecular formula is C13H8Cl2I2N6. The molecule has 0 aromatic carbocycles. The van der Waals surface area contributed by atoms with Gasteiger partial charge in [0.05, 0.1) is 10.8 Å². The number of aryl methyl sites for hydroxylation is 1. The molecule has 4 aromatic rings. The Hall–Kier alpha value is -0.720. The van der Waals surface area contributed by atoms with Gasteiger partial charge >= 0.3 is 0 Å². The van der Waals surface area contributed by atoms with Crippen LogP contribution in [0.25, 0.3) is 22.1 Å². The zero-order valence-electron chi connectivity index (χ0n) is 11.6. The molecule has 0 spiro atoms. The Morgan fingerprint density at radius 3 is 2.26 bits per heavy atom. The summed E-state index contributed by atoms with van der Waals surface area (Å²) in [6.07, 6.45) is 6.75. The first-order chi connectivity index (χ1) is 11.0. The number of aromatic nitrogens is 6. The van der Waals surface area contributed by atoms with Gasteiger partial charge in [-0.2, -0.15) is 0 Å². The Bertz CT molecular complexity index is 997. The molecule has 0 radical (unpaired) electrons. The predicted octanol–water partition coefficient (Wildman–Crippen LogP) is 4.44. The summed E-state index contributed by atoms with van der Waals surface area (Å²) in [6, 6.07) is 0. The van der Waals surface area contributed by atoms with Gasteiger partial charge in [-0.25, -0.2) is 19.9 Å². The van der Waals surface area contributed by atoms with E-state index in [1.54, 1.807) is 0 Å². The summed E-state index contributed by atoms with van der Waals surface area (Å²) in [5, 5.41) is 2.85. The molecule has 23 heavy (non-hydrogen) atoms. The molecule has 118 valence electrons. The van der Waals surface area contributed by atoms with Crippen LogP contribution in [-0.4, -0.2) is 29.5 Å². The van der Waals surface area contributed by atoms with E-state index in [-0.39, 0.29) is 0 Å². The molecule has 0 bridgehead atoms. The second-order valence-corrected chi connectivity index (χ2v) is 7.52. The molecule has 6 nitrogen and oxygen atoms in total. The third-order valence-corrected chi connectivity index (χ3v) is 5.28. The number of nitrogens with zero attached hydrogens (tertiary/aromatic N) is 5. The lowest BCUT2D eigenvalue weighted by molar-refractivity contribution is 0.941. The van der Waals surface area contributed by atoms with Gasteiger partial charge in [-0.05, 0) is 45.2 Å². The summed E-state index contributed by atoms with van der Waals surface area (Å²) >= 11 is 16.1. The van der Waals surface area contributed by atoms with Gasteiger partial charge < -0.3 is 9.55 Å². The molecule has 10 heteroatoms. The van der Waals surface area contributed by atoms with Crippen LogP contribution in [0, 0.1) is 7.14 Å². The first-order valence-corrected chi connectivity index (χ1v) is 9.14. The second kappa shape index (κ2) is 7.03. The van der Waals surface area contributed by atoms with Gasteiger partial charge in [0, 0.05) is 26.6 Å². The topological polar surface area (TPSA) is 72.3 Å². The molecular weight excluding hydrogens is 565 g/mol. The monoisotopic (exact) mass is 572 g/mol. The summed E-state index contributed by atoms with van der Waals surface area (Å²) in [7, 11) is 1.94. The van der Waals surface area contributed by atoms with Crippen LogP contribution < -0.4 is 0 Å². The van der Waals surface area contributed by atoms with E-state index in [2.05, 4.69) is 70.1 Å². The molecule has 0 aliphatic carbocycles. The van der Waals surface area contributed by atoms with Gasteiger partial charge in [0.15, 0.2) is 0 Å². The van der Waals surface area contributed by atoms with E-state index in [0.717, 1.165) is 29.2 Å². The van der Waals surface area contributed by atoms with Crippen molar-refractivity contribution in [3.8, 4) is 0 Å². The van der Waals surface area contributed by atoms with Crippen LogP contribution in [0.4, 0.5) is 0 Å². The lowest BCUT2D eigenvalue weighted by Gasteiger charge is -1.93. The van der Waals surface area contributed by atoms with E-state index in [1.165, 1.54) is 12.7 Å². The van der Waals surface area contributed by atoms with E-state index >= 15 is 0 Å². The molecule has 0 atom stereocenters. The maximum Gasteiger partial charge on any atom is 0.145 e. The molecule has 4 aromatic heterocycles. The predicted molar refractivity (Wildman–Crippen MR) is 108 cm³/mol. The molecule has 0 fully saturated rings. The van der Waals surface area contributed by atoms with Crippen molar-refractivity contribution in [2.24, 2.45) is 7.05 Å². The molecule has 0 aliphatic rings. The van der Waals surface area contributed by atoms with Crippen molar-refractivity contribution >= 4 is 90.5 Å². The molecule has 0 amide bonds. The number of hydrogen-bond acceptors (Lipinski definition) is 4. The van der Waals surface area contributed by atoms with Crippen LogP contribution in [-0.2, 0) is 7.05 Å². The van der Waals surface area contributed by atoms with E-state index in [4.69, 9.17) is 23.2 Å². The fraction of sp³-hybridized carbons (Fsp3) is 0.0769. The summed E-state index contributed by atoms with van der Waals surface area (Å²) < 4.78 is 4.06. The molecule has 4 heterocycles. The van der Waals surface area contributed by atoms with Crippen molar-refractivity contribution in [2.75, 3.05) is 0 Å². The van der Waals surface area contributed by atoms with E-state index in [0.29, 0.717) is 10.3 Å². The van der Waals surface area contributed by atoms with Crippen LogP contribution in [0.5, 0.6) is 0 Å². The Balaban J connectivity index is 0.000000136. The fourth-order valence-electron chi connectivity index (χ4n) is 2.01. The number of aromatic amines is 1. The smallest absolute Gasteiger partial charge is 0.145 e. The van der Waals surface area contributed by atoms with Gasteiger partial charge in [0.1, 0.15) is 34.3 Å². The van der Waals surface area contributed by atoms with Gasteiger partial charge in [0.2, 0.25) is 0 Å². The third-order valence-electron chi connectivity index (χ3n) is 3.04. The van der Waals surface area contributed by atoms with Crippen LogP contribution >= 0.6 is 68.4 Å². The van der Waals surface area contributed by atoms with E-state index < -0.39 is 0 Å². The normalized spacial score (nSPS) is 10.8. The third kappa shape index (κ3) is 3.39. The maximum atomic E-state index is 5.91. The fourth-order valence-corrected chi connectivity index (χ4v) is 4.38. The van der Waals surface area contributed by atoms with E-state index in [9.17, 15) is 0 Å². The van der Waals surface area contributed by atoms with Crippen LogP contribution in [0.3, 0.4) is 0 Å². The number of nitrogens with one attached hydrogen (secondary N) is 1. The maximum absolute atomic E-state index is 5.91. The Labute approximate surface area is 168 Å². The highest BCUT2D eigenvalue weighted by Crippen LogP contribution is 2.25. The SMILES string of the molecule is Clc1ncnc2[nH]cc(I)c12.Cn1cc(I)c2c(Cl)ncnc21. The summed E-state index contributed by atoms with van der Waals surface area (Å²) in [5.74, 6) is 0. The van der Waals surface area contributed by atoms with Crippen molar-refractivity contribution in [1.82, 2.24) is 29.5 Å². The Kier molecular flexibility index (Phi) is 5.23. The van der Waals surface area contributed by atoms with Crippen LogP contribution in [0.15, 0.2) is 25.0 Å². The van der Waals surface area contributed by atoms with Crippen LogP contribution in [0.1, 0.15) is 0 Å².